The highest BCUT2D eigenvalue weighted by Gasteiger charge is 2.33. The van der Waals surface area contributed by atoms with Crippen molar-refractivity contribution in [1.82, 2.24) is 0 Å². The van der Waals surface area contributed by atoms with Crippen molar-refractivity contribution >= 4 is 11.6 Å². The van der Waals surface area contributed by atoms with Crippen molar-refractivity contribution in [1.29, 1.82) is 0 Å². The molecule has 0 atom stereocenters. The zero-order valence-electron chi connectivity index (χ0n) is 11.8. The van der Waals surface area contributed by atoms with E-state index in [2.05, 4.69) is 5.32 Å². The van der Waals surface area contributed by atoms with E-state index in [4.69, 9.17) is 4.74 Å². The Morgan fingerprint density at radius 3 is 2.32 bits per heavy atom. The lowest BCUT2D eigenvalue weighted by Crippen LogP contribution is -2.18. The molecule has 2 aromatic carbocycles. The minimum Gasteiger partial charge on any atom is -0.497 e. The minimum atomic E-state index is -4.51. The van der Waals surface area contributed by atoms with E-state index in [0.717, 1.165) is 6.07 Å². The van der Waals surface area contributed by atoms with E-state index in [1.54, 1.807) is 24.3 Å². The molecule has 0 heterocycles. The number of carbonyl (C=O) groups is 1. The summed E-state index contributed by atoms with van der Waals surface area (Å²) >= 11 is 0. The molecule has 2 aromatic rings. The monoisotopic (exact) mass is 309 g/mol. The first-order chi connectivity index (χ1) is 10.4. The van der Waals surface area contributed by atoms with Crippen LogP contribution in [0.3, 0.4) is 0 Å². The maximum atomic E-state index is 12.8. The molecule has 3 nitrogen and oxygen atoms in total. The Kier molecular flexibility index (Phi) is 4.70. The Hall–Kier alpha value is -2.50. The van der Waals surface area contributed by atoms with Gasteiger partial charge in [-0.25, -0.2) is 0 Å². The second kappa shape index (κ2) is 6.51. The van der Waals surface area contributed by atoms with E-state index in [1.807, 2.05) is 0 Å². The number of hydrogen-bond acceptors (Lipinski definition) is 2. The molecule has 116 valence electrons. The molecule has 1 amide bonds. The second-order valence-electron chi connectivity index (χ2n) is 4.62. The summed E-state index contributed by atoms with van der Waals surface area (Å²) in [6.07, 6.45) is -4.53. The Morgan fingerprint density at radius 1 is 1.09 bits per heavy atom. The van der Waals surface area contributed by atoms with Gasteiger partial charge < -0.3 is 10.1 Å². The molecule has 0 aliphatic rings. The largest absolute Gasteiger partial charge is 0.497 e. The van der Waals surface area contributed by atoms with Crippen molar-refractivity contribution in [2.45, 2.75) is 12.6 Å². The fourth-order valence-electron chi connectivity index (χ4n) is 1.96. The zero-order chi connectivity index (χ0) is 16.2. The van der Waals surface area contributed by atoms with Gasteiger partial charge in [0.1, 0.15) is 5.75 Å². The van der Waals surface area contributed by atoms with Gasteiger partial charge in [0.2, 0.25) is 5.91 Å². The molecule has 0 radical (unpaired) electrons. The molecule has 0 unspecified atom stereocenters. The molecular weight excluding hydrogens is 295 g/mol. The number of nitrogens with one attached hydrogen (secondary N) is 1. The molecule has 0 saturated heterocycles. The highest BCUT2D eigenvalue weighted by Crippen LogP contribution is 2.34. The Labute approximate surface area is 125 Å². The lowest BCUT2D eigenvalue weighted by molar-refractivity contribution is -0.137. The number of alkyl halides is 3. The topological polar surface area (TPSA) is 38.3 Å². The highest BCUT2D eigenvalue weighted by molar-refractivity contribution is 5.93. The second-order valence-corrected chi connectivity index (χ2v) is 4.62. The van der Waals surface area contributed by atoms with Crippen molar-refractivity contribution in [3.8, 4) is 5.75 Å². The summed E-state index contributed by atoms with van der Waals surface area (Å²) in [4.78, 5) is 11.9. The van der Waals surface area contributed by atoms with E-state index >= 15 is 0 Å². The summed E-state index contributed by atoms with van der Waals surface area (Å²) in [5, 5.41) is 2.30. The predicted octanol–water partition coefficient (Wildman–Crippen LogP) is 3.90. The van der Waals surface area contributed by atoms with Crippen LogP contribution in [0.25, 0.3) is 0 Å². The summed E-state index contributed by atoms with van der Waals surface area (Å²) < 4.78 is 43.5. The van der Waals surface area contributed by atoms with E-state index in [9.17, 15) is 18.0 Å². The van der Waals surface area contributed by atoms with Gasteiger partial charge in [-0.05, 0) is 29.8 Å². The average molecular weight is 309 g/mol. The third kappa shape index (κ3) is 4.00. The smallest absolute Gasteiger partial charge is 0.418 e. The number of halogens is 3. The summed E-state index contributed by atoms with van der Waals surface area (Å²) in [5.41, 5.74) is -0.422. The lowest BCUT2D eigenvalue weighted by atomic mass is 10.1. The van der Waals surface area contributed by atoms with Crippen LogP contribution in [-0.4, -0.2) is 13.0 Å². The van der Waals surface area contributed by atoms with Gasteiger partial charge in [0.15, 0.2) is 0 Å². The van der Waals surface area contributed by atoms with Crippen LogP contribution in [0.2, 0.25) is 0 Å². The van der Waals surface area contributed by atoms with Crippen LogP contribution in [-0.2, 0) is 17.4 Å². The summed E-state index contributed by atoms with van der Waals surface area (Å²) in [6, 6.07) is 11.6. The van der Waals surface area contributed by atoms with Crippen molar-refractivity contribution < 1.29 is 22.7 Å². The summed E-state index contributed by atoms with van der Waals surface area (Å²) in [5.74, 6) is 0.133. The minimum absolute atomic E-state index is 0.0177. The molecule has 0 spiro atoms. The zero-order valence-corrected chi connectivity index (χ0v) is 11.8. The van der Waals surface area contributed by atoms with Gasteiger partial charge in [-0.2, -0.15) is 13.2 Å². The number of para-hydroxylation sites is 1. The van der Waals surface area contributed by atoms with Gasteiger partial charge in [-0.1, -0.05) is 24.3 Å². The first-order valence-electron chi connectivity index (χ1n) is 6.49. The number of hydrogen-bond donors (Lipinski definition) is 1. The number of amides is 1. The lowest BCUT2D eigenvalue weighted by Gasteiger charge is -2.13. The molecule has 0 bridgehead atoms. The third-order valence-corrected chi connectivity index (χ3v) is 3.03. The maximum absolute atomic E-state index is 12.8. The summed E-state index contributed by atoms with van der Waals surface area (Å²) in [6.45, 7) is 0. The molecule has 2 rings (SSSR count). The number of ether oxygens (including phenoxy) is 1. The third-order valence-electron chi connectivity index (χ3n) is 3.03. The number of anilines is 1. The van der Waals surface area contributed by atoms with Crippen LogP contribution < -0.4 is 10.1 Å². The number of carbonyl (C=O) groups excluding carboxylic acids is 1. The first-order valence-corrected chi connectivity index (χ1v) is 6.49. The van der Waals surface area contributed by atoms with Crippen LogP contribution in [0, 0.1) is 0 Å². The molecule has 6 heteroatoms. The maximum Gasteiger partial charge on any atom is 0.418 e. The standard InChI is InChI=1S/C16H14F3NO2/c1-22-12-8-6-11(7-9-12)10-15(21)20-14-5-3-2-4-13(14)16(17,18)19/h2-9H,10H2,1H3,(H,20,21). The van der Waals surface area contributed by atoms with Crippen LogP contribution >= 0.6 is 0 Å². The van der Waals surface area contributed by atoms with Crippen LogP contribution in [0.15, 0.2) is 48.5 Å². The Bertz CT molecular complexity index is 651. The van der Waals surface area contributed by atoms with Crippen molar-refractivity contribution in [2.24, 2.45) is 0 Å². The molecule has 0 fully saturated rings. The van der Waals surface area contributed by atoms with Crippen LogP contribution in [0.4, 0.5) is 18.9 Å². The fourth-order valence-corrected chi connectivity index (χ4v) is 1.96. The van der Waals surface area contributed by atoms with E-state index in [0.29, 0.717) is 11.3 Å². The molecule has 0 saturated carbocycles. The average Bonchev–Trinajstić information content (AvgIpc) is 2.47. The highest BCUT2D eigenvalue weighted by atomic mass is 19.4. The van der Waals surface area contributed by atoms with Gasteiger partial charge in [-0.15, -0.1) is 0 Å². The SMILES string of the molecule is COc1ccc(CC(=O)Nc2ccccc2C(F)(F)F)cc1. The number of rotatable bonds is 4. The Morgan fingerprint density at radius 2 is 1.73 bits per heavy atom. The Balaban J connectivity index is 2.09. The summed E-state index contributed by atoms with van der Waals surface area (Å²) in [7, 11) is 1.52. The van der Waals surface area contributed by atoms with Crippen molar-refractivity contribution in [3.05, 3.63) is 59.7 Å². The van der Waals surface area contributed by atoms with Gasteiger partial charge in [0, 0.05) is 0 Å². The first kappa shape index (κ1) is 15.9. The number of benzene rings is 2. The van der Waals surface area contributed by atoms with Crippen molar-refractivity contribution in [3.63, 3.8) is 0 Å². The fraction of sp³-hybridized carbons (Fsp3) is 0.188. The molecule has 0 aromatic heterocycles. The van der Waals surface area contributed by atoms with E-state index in [-0.39, 0.29) is 12.1 Å². The number of methoxy groups -OCH3 is 1. The van der Waals surface area contributed by atoms with Gasteiger partial charge in [0.05, 0.1) is 24.8 Å². The molecule has 1 N–H and O–H groups in total. The van der Waals surface area contributed by atoms with Crippen LogP contribution in [0.5, 0.6) is 5.75 Å². The predicted molar refractivity (Wildman–Crippen MR) is 76.8 cm³/mol. The van der Waals surface area contributed by atoms with Gasteiger partial charge in [0.25, 0.3) is 0 Å². The molecule has 0 aliphatic carbocycles. The van der Waals surface area contributed by atoms with E-state index < -0.39 is 17.6 Å². The molecule has 0 aliphatic heterocycles. The van der Waals surface area contributed by atoms with E-state index in [1.165, 1.54) is 25.3 Å². The quantitative estimate of drug-likeness (QED) is 0.930. The molecule has 22 heavy (non-hydrogen) atoms. The molecular formula is C16H14F3NO2. The van der Waals surface area contributed by atoms with Gasteiger partial charge >= 0.3 is 6.18 Å². The normalized spacial score (nSPS) is 11.1. The van der Waals surface area contributed by atoms with Crippen molar-refractivity contribution in [2.75, 3.05) is 12.4 Å². The van der Waals surface area contributed by atoms with Crippen LogP contribution in [0.1, 0.15) is 11.1 Å². The van der Waals surface area contributed by atoms with Gasteiger partial charge in [-0.3, -0.25) is 4.79 Å².